The summed E-state index contributed by atoms with van der Waals surface area (Å²) in [6, 6.07) is 11.9. The van der Waals surface area contributed by atoms with Crippen LogP contribution in [0, 0.1) is 0 Å². The molecule has 0 unspecified atom stereocenters. The lowest BCUT2D eigenvalue weighted by Crippen LogP contribution is -2.30. The lowest BCUT2D eigenvalue weighted by atomic mass is 10.2. The lowest BCUT2D eigenvalue weighted by molar-refractivity contribution is 0.311. The summed E-state index contributed by atoms with van der Waals surface area (Å²) in [6.07, 6.45) is 0. The van der Waals surface area contributed by atoms with Crippen molar-refractivity contribution in [1.29, 1.82) is 0 Å². The summed E-state index contributed by atoms with van der Waals surface area (Å²) in [5.41, 5.74) is 1.53. The van der Waals surface area contributed by atoms with E-state index in [-0.39, 0.29) is 4.90 Å². The highest BCUT2D eigenvalue weighted by Crippen LogP contribution is 2.30. The van der Waals surface area contributed by atoms with Crippen LogP contribution in [0.5, 0.6) is 11.5 Å². The summed E-state index contributed by atoms with van der Waals surface area (Å²) in [5.74, 6) is 1.79. The van der Waals surface area contributed by atoms with E-state index in [4.69, 9.17) is 14.6 Å². The Hall–Kier alpha value is -2.78. The van der Waals surface area contributed by atoms with Gasteiger partial charge in [0, 0.05) is 25.3 Å². The second-order valence-electron chi connectivity index (χ2n) is 5.54. The molecular weight excluding hydrogens is 368 g/mol. The van der Waals surface area contributed by atoms with E-state index in [1.807, 2.05) is 19.1 Å². The fourth-order valence-corrected chi connectivity index (χ4v) is 2.94. The third kappa shape index (κ3) is 5.87. The molecule has 8 nitrogen and oxygen atoms in total. The van der Waals surface area contributed by atoms with Gasteiger partial charge in [-0.15, -0.1) is 0 Å². The van der Waals surface area contributed by atoms with Crippen molar-refractivity contribution in [3.63, 3.8) is 0 Å². The number of anilines is 1. The normalized spacial score (nSPS) is 11.8. The molecule has 0 aliphatic heterocycles. The number of nitrogens with two attached hydrogens (primary N) is 1. The van der Waals surface area contributed by atoms with Crippen LogP contribution in [0.1, 0.15) is 12.5 Å². The highest BCUT2D eigenvalue weighted by atomic mass is 32.2. The predicted octanol–water partition coefficient (Wildman–Crippen LogP) is 1.93. The molecule has 0 bridgehead atoms. The van der Waals surface area contributed by atoms with Gasteiger partial charge >= 0.3 is 0 Å². The Morgan fingerprint density at radius 2 is 1.96 bits per heavy atom. The van der Waals surface area contributed by atoms with E-state index in [0.717, 1.165) is 11.3 Å². The molecule has 0 amide bonds. The average molecular weight is 392 g/mol. The topological polar surface area (TPSA) is 115 Å². The molecule has 2 rings (SSSR count). The number of hydrogen-bond acceptors (Lipinski definition) is 5. The number of aliphatic imine (C=N–C) groups is 1. The molecule has 0 aromatic heterocycles. The number of sulfonamides is 1. The zero-order chi connectivity index (χ0) is 19.9. The average Bonchev–Trinajstić information content (AvgIpc) is 2.65. The van der Waals surface area contributed by atoms with Crippen molar-refractivity contribution in [2.24, 2.45) is 10.1 Å². The van der Waals surface area contributed by atoms with Gasteiger partial charge in [-0.2, -0.15) is 0 Å². The number of ether oxygens (including phenoxy) is 2. The number of nitrogens with zero attached hydrogens (tertiary/aromatic N) is 1. The Morgan fingerprint density at radius 3 is 2.59 bits per heavy atom. The van der Waals surface area contributed by atoms with Crippen LogP contribution in [0.4, 0.5) is 5.69 Å². The van der Waals surface area contributed by atoms with E-state index in [2.05, 4.69) is 15.6 Å². The van der Waals surface area contributed by atoms with Crippen molar-refractivity contribution in [2.75, 3.05) is 26.1 Å². The Balaban J connectivity index is 2.08. The van der Waals surface area contributed by atoms with Crippen molar-refractivity contribution < 1.29 is 17.9 Å². The summed E-state index contributed by atoms with van der Waals surface area (Å²) < 4.78 is 33.7. The van der Waals surface area contributed by atoms with Crippen LogP contribution in [0.2, 0.25) is 0 Å². The van der Waals surface area contributed by atoms with Gasteiger partial charge in [0.25, 0.3) is 0 Å². The number of benzene rings is 2. The molecule has 0 radical (unpaired) electrons. The van der Waals surface area contributed by atoms with E-state index >= 15 is 0 Å². The van der Waals surface area contributed by atoms with Gasteiger partial charge < -0.3 is 20.1 Å². The Kier molecular flexibility index (Phi) is 7.03. The minimum atomic E-state index is -3.73. The number of methoxy groups -OCH3 is 1. The first kappa shape index (κ1) is 20.5. The van der Waals surface area contributed by atoms with E-state index in [1.165, 1.54) is 12.1 Å². The number of guanidine groups is 1. The molecule has 0 spiro atoms. The maximum atomic E-state index is 11.5. The second kappa shape index (κ2) is 9.24. The number of nitrogens with one attached hydrogen (secondary N) is 2. The molecular formula is C18H24N4O4S. The fourth-order valence-electron chi connectivity index (χ4n) is 2.36. The number of primary sulfonamides is 1. The van der Waals surface area contributed by atoms with Crippen LogP contribution >= 0.6 is 0 Å². The van der Waals surface area contributed by atoms with Crippen molar-refractivity contribution >= 4 is 21.7 Å². The third-order valence-electron chi connectivity index (χ3n) is 3.64. The zero-order valence-electron chi connectivity index (χ0n) is 15.5. The molecule has 0 atom stereocenters. The molecule has 0 saturated carbocycles. The van der Waals surface area contributed by atoms with Crippen LogP contribution in [0.15, 0.2) is 52.4 Å². The van der Waals surface area contributed by atoms with Gasteiger partial charge in [-0.25, -0.2) is 13.6 Å². The maximum absolute atomic E-state index is 11.5. The van der Waals surface area contributed by atoms with Gasteiger partial charge in [0.1, 0.15) is 0 Å². The van der Waals surface area contributed by atoms with Crippen molar-refractivity contribution in [3.05, 3.63) is 48.0 Å². The molecule has 2 aromatic rings. The molecule has 9 heteroatoms. The van der Waals surface area contributed by atoms with Crippen molar-refractivity contribution in [2.45, 2.75) is 18.4 Å². The van der Waals surface area contributed by atoms with Crippen LogP contribution in [-0.4, -0.2) is 35.1 Å². The highest BCUT2D eigenvalue weighted by molar-refractivity contribution is 7.89. The van der Waals surface area contributed by atoms with E-state index in [1.54, 1.807) is 32.4 Å². The van der Waals surface area contributed by atoms with E-state index < -0.39 is 10.0 Å². The molecule has 0 saturated heterocycles. The van der Waals surface area contributed by atoms with Crippen molar-refractivity contribution in [1.82, 2.24) is 5.32 Å². The second-order valence-corrected chi connectivity index (χ2v) is 7.10. The summed E-state index contributed by atoms with van der Waals surface area (Å²) in [5, 5.41) is 11.4. The van der Waals surface area contributed by atoms with Gasteiger partial charge in [0.2, 0.25) is 10.0 Å². The summed E-state index contributed by atoms with van der Waals surface area (Å²) in [4.78, 5) is 4.24. The number of hydrogen-bond donors (Lipinski definition) is 3. The van der Waals surface area contributed by atoms with Gasteiger partial charge in [-0.1, -0.05) is 12.1 Å². The molecule has 0 heterocycles. The zero-order valence-corrected chi connectivity index (χ0v) is 16.3. The van der Waals surface area contributed by atoms with Gasteiger partial charge in [0.15, 0.2) is 17.5 Å². The van der Waals surface area contributed by atoms with E-state index in [0.29, 0.717) is 30.6 Å². The van der Waals surface area contributed by atoms with Gasteiger partial charge in [0.05, 0.1) is 18.6 Å². The molecule has 2 aromatic carbocycles. The molecule has 146 valence electrons. The van der Waals surface area contributed by atoms with Gasteiger partial charge in [-0.05, 0) is 36.8 Å². The molecule has 0 aliphatic rings. The maximum Gasteiger partial charge on any atom is 0.238 e. The first-order chi connectivity index (χ1) is 12.9. The fraction of sp³-hybridized carbons (Fsp3) is 0.278. The lowest BCUT2D eigenvalue weighted by Gasteiger charge is -2.15. The highest BCUT2D eigenvalue weighted by Gasteiger charge is 2.09. The van der Waals surface area contributed by atoms with Crippen LogP contribution in [0.3, 0.4) is 0 Å². The van der Waals surface area contributed by atoms with Crippen LogP contribution < -0.4 is 25.2 Å². The van der Waals surface area contributed by atoms with Crippen LogP contribution in [0.25, 0.3) is 0 Å². The van der Waals surface area contributed by atoms with Crippen LogP contribution in [-0.2, 0) is 16.6 Å². The summed E-state index contributed by atoms with van der Waals surface area (Å²) in [7, 11) is -0.508. The quantitative estimate of drug-likeness (QED) is 0.490. The Labute approximate surface area is 159 Å². The molecule has 0 aliphatic carbocycles. The minimum absolute atomic E-state index is 0.0706. The molecule has 0 fully saturated rings. The van der Waals surface area contributed by atoms with E-state index in [9.17, 15) is 8.42 Å². The number of rotatable bonds is 7. The minimum Gasteiger partial charge on any atom is -0.493 e. The Bertz CT molecular complexity index is 913. The third-order valence-corrected chi connectivity index (χ3v) is 4.55. The smallest absolute Gasteiger partial charge is 0.238 e. The monoisotopic (exact) mass is 392 g/mol. The van der Waals surface area contributed by atoms with Crippen molar-refractivity contribution in [3.8, 4) is 11.5 Å². The molecule has 4 N–H and O–H groups in total. The molecule has 27 heavy (non-hydrogen) atoms. The summed E-state index contributed by atoms with van der Waals surface area (Å²) >= 11 is 0. The first-order valence-corrected chi connectivity index (χ1v) is 9.82. The first-order valence-electron chi connectivity index (χ1n) is 8.27. The SMILES string of the molecule is CCOc1cc(NC(=NC)NCc2cccc(S(N)(=O)=O)c2)ccc1OC. The Morgan fingerprint density at radius 1 is 1.19 bits per heavy atom. The standard InChI is InChI=1S/C18H24N4O4S/c1-4-26-17-11-14(8-9-16(17)25-3)22-18(20-2)21-12-13-6-5-7-15(10-13)27(19,23)24/h5-11H,4,12H2,1-3H3,(H2,19,23,24)(H2,20,21,22). The van der Waals surface area contributed by atoms with Gasteiger partial charge in [-0.3, -0.25) is 4.99 Å². The predicted molar refractivity (Wildman–Crippen MR) is 106 cm³/mol. The largest absolute Gasteiger partial charge is 0.493 e. The summed E-state index contributed by atoms with van der Waals surface area (Å²) in [6.45, 7) is 2.79.